The highest BCUT2D eigenvalue weighted by molar-refractivity contribution is 5.35. The fourth-order valence-corrected chi connectivity index (χ4v) is 3.02. The van der Waals surface area contributed by atoms with E-state index in [0.29, 0.717) is 6.04 Å². The van der Waals surface area contributed by atoms with E-state index in [1.54, 1.807) is 0 Å². The molecule has 1 aliphatic heterocycles. The minimum Gasteiger partial charge on any atom is -0.338 e. The number of rotatable bonds is 5. The molecule has 4 heteroatoms. The van der Waals surface area contributed by atoms with Crippen LogP contribution in [0.4, 0.5) is 5.95 Å². The van der Waals surface area contributed by atoms with Gasteiger partial charge in [0.2, 0.25) is 5.95 Å². The molecule has 2 aliphatic rings. The molecule has 3 rings (SSSR count). The number of piperidine rings is 1. The highest BCUT2D eigenvalue weighted by Crippen LogP contribution is 2.24. The van der Waals surface area contributed by atoms with Crippen LogP contribution in [0.25, 0.3) is 0 Å². The fourth-order valence-electron chi connectivity index (χ4n) is 3.02. The first-order valence-corrected chi connectivity index (χ1v) is 8.10. The first-order valence-electron chi connectivity index (χ1n) is 8.10. The summed E-state index contributed by atoms with van der Waals surface area (Å²) in [6, 6.07) is 1.36. The van der Waals surface area contributed by atoms with Gasteiger partial charge in [-0.05, 0) is 45.4 Å². The lowest BCUT2D eigenvalue weighted by Crippen LogP contribution is -2.40. The van der Waals surface area contributed by atoms with Crippen molar-refractivity contribution in [1.29, 1.82) is 0 Å². The van der Waals surface area contributed by atoms with Crippen LogP contribution < -0.4 is 10.2 Å². The number of hydrogen-bond acceptors (Lipinski definition) is 4. The molecule has 1 saturated heterocycles. The lowest BCUT2D eigenvalue weighted by atomic mass is 10.0. The number of aryl methyl sites for hydroxylation is 1. The molecule has 1 aromatic rings. The number of aromatic nitrogens is 2. The maximum Gasteiger partial charge on any atom is 0.225 e. The van der Waals surface area contributed by atoms with Crippen LogP contribution in [0.2, 0.25) is 0 Å². The molecule has 2 heterocycles. The van der Waals surface area contributed by atoms with Gasteiger partial charge in [-0.2, -0.15) is 0 Å². The average Bonchev–Trinajstić information content (AvgIpc) is 3.30. The lowest BCUT2D eigenvalue weighted by molar-refractivity contribution is 0.442. The number of anilines is 1. The lowest BCUT2D eigenvalue weighted by Gasteiger charge is -2.35. The summed E-state index contributed by atoms with van der Waals surface area (Å²) in [4.78, 5) is 11.8. The van der Waals surface area contributed by atoms with Gasteiger partial charge in [-0.15, -0.1) is 0 Å². The SMILES string of the molecule is CCC1CCCCN1c1ncc(CNC2CC2)c(C)n1. The summed E-state index contributed by atoms with van der Waals surface area (Å²) in [6.07, 6.45) is 9.75. The van der Waals surface area contributed by atoms with Gasteiger partial charge in [-0.3, -0.25) is 0 Å². The molecule has 2 fully saturated rings. The standard InChI is InChI=1S/C16H26N4/c1-3-15-6-4-5-9-20(15)16-18-11-13(12(2)19-16)10-17-14-7-8-14/h11,14-15,17H,3-10H2,1-2H3. The largest absolute Gasteiger partial charge is 0.338 e. The van der Waals surface area contributed by atoms with Crippen molar-refractivity contribution in [1.82, 2.24) is 15.3 Å². The average molecular weight is 274 g/mol. The second-order valence-electron chi connectivity index (χ2n) is 6.19. The van der Waals surface area contributed by atoms with E-state index in [9.17, 15) is 0 Å². The maximum absolute atomic E-state index is 4.77. The molecule has 1 N–H and O–H groups in total. The second-order valence-corrected chi connectivity index (χ2v) is 6.19. The van der Waals surface area contributed by atoms with E-state index in [2.05, 4.69) is 29.0 Å². The van der Waals surface area contributed by atoms with E-state index >= 15 is 0 Å². The van der Waals surface area contributed by atoms with Crippen molar-refractivity contribution in [3.63, 3.8) is 0 Å². The third kappa shape index (κ3) is 3.11. The number of hydrogen-bond donors (Lipinski definition) is 1. The van der Waals surface area contributed by atoms with Gasteiger partial charge in [0.1, 0.15) is 0 Å². The van der Waals surface area contributed by atoms with Gasteiger partial charge < -0.3 is 10.2 Å². The molecule has 110 valence electrons. The van der Waals surface area contributed by atoms with Crippen LogP contribution in [0.15, 0.2) is 6.20 Å². The Morgan fingerprint density at radius 1 is 1.30 bits per heavy atom. The molecule has 1 unspecified atom stereocenters. The Bertz CT molecular complexity index is 456. The summed E-state index contributed by atoms with van der Waals surface area (Å²) in [5, 5.41) is 3.54. The summed E-state index contributed by atoms with van der Waals surface area (Å²) in [6.45, 7) is 6.40. The zero-order chi connectivity index (χ0) is 13.9. The Labute approximate surface area is 122 Å². The topological polar surface area (TPSA) is 41.1 Å². The predicted octanol–water partition coefficient (Wildman–Crippen LogP) is 2.81. The van der Waals surface area contributed by atoms with Crippen LogP contribution in [0.5, 0.6) is 0 Å². The van der Waals surface area contributed by atoms with Crippen LogP contribution >= 0.6 is 0 Å². The molecule has 20 heavy (non-hydrogen) atoms. The Hall–Kier alpha value is -1.16. The van der Waals surface area contributed by atoms with Gasteiger partial charge in [0, 0.05) is 42.6 Å². The number of nitrogens with one attached hydrogen (secondary N) is 1. The monoisotopic (exact) mass is 274 g/mol. The molecule has 1 saturated carbocycles. The molecule has 0 aromatic carbocycles. The van der Waals surface area contributed by atoms with Crippen LogP contribution in [-0.4, -0.2) is 28.6 Å². The summed E-state index contributed by atoms with van der Waals surface area (Å²) in [5.41, 5.74) is 2.37. The van der Waals surface area contributed by atoms with Crippen molar-refractivity contribution in [2.45, 2.75) is 71.0 Å². The summed E-state index contributed by atoms with van der Waals surface area (Å²) in [7, 11) is 0. The minimum absolute atomic E-state index is 0.624. The van der Waals surface area contributed by atoms with Crippen LogP contribution in [0.3, 0.4) is 0 Å². The summed E-state index contributed by atoms with van der Waals surface area (Å²) in [5.74, 6) is 0.934. The first kappa shape index (κ1) is 13.8. The van der Waals surface area contributed by atoms with Crippen molar-refractivity contribution < 1.29 is 0 Å². The fraction of sp³-hybridized carbons (Fsp3) is 0.750. The van der Waals surface area contributed by atoms with Crippen LogP contribution in [0.1, 0.15) is 56.7 Å². The van der Waals surface area contributed by atoms with Crippen molar-refractivity contribution >= 4 is 5.95 Å². The van der Waals surface area contributed by atoms with Crippen molar-refractivity contribution in [2.75, 3.05) is 11.4 Å². The van der Waals surface area contributed by atoms with Gasteiger partial charge in [0.25, 0.3) is 0 Å². The Morgan fingerprint density at radius 2 is 2.15 bits per heavy atom. The minimum atomic E-state index is 0.624. The molecule has 4 nitrogen and oxygen atoms in total. The molecule has 0 amide bonds. The van der Waals surface area contributed by atoms with E-state index in [1.165, 1.54) is 44.1 Å². The van der Waals surface area contributed by atoms with Gasteiger partial charge in [0.05, 0.1) is 0 Å². The molecule has 1 atom stereocenters. The highest BCUT2D eigenvalue weighted by atomic mass is 15.3. The highest BCUT2D eigenvalue weighted by Gasteiger charge is 2.24. The second kappa shape index (κ2) is 6.08. The van der Waals surface area contributed by atoms with E-state index in [1.807, 2.05) is 6.20 Å². The molecule has 0 bridgehead atoms. The third-order valence-corrected chi connectivity index (χ3v) is 4.58. The van der Waals surface area contributed by atoms with E-state index < -0.39 is 0 Å². The summed E-state index contributed by atoms with van der Waals surface area (Å²) >= 11 is 0. The summed E-state index contributed by atoms with van der Waals surface area (Å²) < 4.78 is 0. The van der Waals surface area contributed by atoms with Crippen LogP contribution in [-0.2, 0) is 6.54 Å². The maximum atomic E-state index is 4.77. The predicted molar refractivity (Wildman–Crippen MR) is 81.9 cm³/mol. The zero-order valence-electron chi connectivity index (χ0n) is 12.7. The Morgan fingerprint density at radius 3 is 2.85 bits per heavy atom. The van der Waals surface area contributed by atoms with Crippen LogP contribution in [0, 0.1) is 6.92 Å². The van der Waals surface area contributed by atoms with Crippen molar-refractivity contribution in [2.24, 2.45) is 0 Å². The molecular formula is C16H26N4. The third-order valence-electron chi connectivity index (χ3n) is 4.58. The number of nitrogens with zero attached hydrogens (tertiary/aromatic N) is 3. The normalized spacial score (nSPS) is 23.1. The molecule has 0 radical (unpaired) electrons. The van der Waals surface area contributed by atoms with Gasteiger partial charge in [-0.1, -0.05) is 6.92 Å². The zero-order valence-corrected chi connectivity index (χ0v) is 12.7. The van der Waals surface area contributed by atoms with Gasteiger partial charge in [0.15, 0.2) is 0 Å². The van der Waals surface area contributed by atoms with Crippen molar-refractivity contribution in [3.8, 4) is 0 Å². The first-order chi connectivity index (χ1) is 9.78. The molecule has 1 aliphatic carbocycles. The molecule has 1 aromatic heterocycles. The van der Waals surface area contributed by atoms with Gasteiger partial charge >= 0.3 is 0 Å². The Kier molecular flexibility index (Phi) is 4.20. The quantitative estimate of drug-likeness (QED) is 0.896. The molecule has 0 spiro atoms. The van der Waals surface area contributed by atoms with E-state index in [4.69, 9.17) is 4.98 Å². The smallest absolute Gasteiger partial charge is 0.225 e. The van der Waals surface area contributed by atoms with E-state index in [-0.39, 0.29) is 0 Å². The van der Waals surface area contributed by atoms with Crippen molar-refractivity contribution in [3.05, 3.63) is 17.5 Å². The van der Waals surface area contributed by atoms with E-state index in [0.717, 1.165) is 30.8 Å². The Balaban J connectivity index is 1.70. The van der Waals surface area contributed by atoms with Gasteiger partial charge in [-0.25, -0.2) is 9.97 Å². The molecular weight excluding hydrogens is 248 g/mol.